The molecule has 0 radical (unpaired) electrons. The van der Waals surface area contributed by atoms with Gasteiger partial charge in [-0.25, -0.2) is 0 Å². The highest BCUT2D eigenvalue weighted by molar-refractivity contribution is 5.42. The third-order valence-corrected chi connectivity index (χ3v) is 2.48. The highest BCUT2D eigenvalue weighted by atomic mass is 19.4. The Morgan fingerprint density at radius 2 is 1.57 bits per heavy atom. The van der Waals surface area contributed by atoms with E-state index in [2.05, 4.69) is 25.6 Å². The fourth-order valence-electron chi connectivity index (χ4n) is 1.45. The molecular formula is C12H21F3N6. The lowest BCUT2D eigenvalue weighted by Gasteiger charge is -2.14. The minimum Gasteiger partial charge on any atom is -0.354 e. The summed E-state index contributed by atoms with van der Waals surface area (Å²) in [6, 6.07) is 0. The molecule has 0 atom stereocenters. The molecule has 0 amide bonds. The average Bonchev–Trinajstić information content (AvgIpc) is 2.40. The van der Waals surface area contributed by atoms with Gasteiger partial charge in [-0.1, -0.05) is 6.92 Å². The molecule has 2 N–H and O–H groups in total. The Hall–Kier alpha value is -1.80. The second-order valence-corrected chi connectivity index (χ2v) is 4.75. The molecule has 21 heavy (non-hydrogen) atoms. The Morgan fingerprint density at radius 1 is 1.00 bits per heavy atom. The van der Waals surface area contributed by atoms with E-state index in [0.717, 1.165) is 6.42 Å². The summed E-state index contributed by atoms with van der Waals surface area (Å²) < 4.78 is 36.2. The normalized spacial score (nSPS) is 11.3. The summed E-state index contributed by atoms with van der Waals surface area (Å²) in [7, 11) is 3.57. The summed E-state index contributed by atoms with van der Waals surface area (Å²) in [4.78, 5) is 14.2. The lowest BCUT2D eigenvalue weighted by atomic mass is 10.3. The predicted molar refractivity (Wildman–Crippen MR) is 76.7 cm³/mol. The van der Waals surface area contributed by atoms with Crippen molar-refractivity contribution in [3.63, 3.8) is 0 Å². The quantitative estimate of drug-likeness (QED) is 0.719. The number of nitrogens with zero attached hydrogens (tertiary/aromatic N) is 4. The first-order valence-corrected chi connectivity index (χ1v) is 6.79. The summed E-state index contributed by atoms with van der Waals surface area (Å²) in [5, 5.41) is 5.84. The predicted octanol–water partition coefficient (Wildman–Crippen LogP) is 2.51. The molecule has 1 rings (SSSR count). The summed E-state index contributed by atoms with van der Waals surface area (Å²) >= 11 is 0. The largest absolute Gasteiger partial charge is 0.389 e. The van der Waals surface area contributed by atoms with Gasteiger partial charge in [0.2, 0.25) is 17.8 Å². The molecule has 0 saturated heterocycles. The van der Waals surface area contributed by atoms with Gasteiger partial charge in [0.05, 0.1) is 0 Å². The van der Waals surface area contributed by atoms with Gasteiger partial charge in [-0.05, 0) is 12.8 Å². The Labute approximate surface area is 122 Å². The van der Waals surface area contributed by atoms with Gasteiger partial charge in [-0.3, -0.25) is 0 Å². The minimum atomic E-state index is -4.14. The van der Waals surface area contributed by atoms with E-state index < -0.39 is 12.6 Å². The van der Waals surface area contributed by atoms with E-state index in [1.54, 1.807) is 19.0 Å². The van der Waals surface area contributed by atoms with Gasteiger partial charge in [0.25, 0.3) is 0 Å². The third kappa shape index (κ3) is 6.96. The van der Waals surface area contributed by atoms with Crippen LogP contribution in [0, 0.1) is 0 Å². The molecule has 0 fully saturated rings. The lowest BCUT2D eigenvalue weighted by molar-refractivity contribution is -0.134. The van der Waals surface area contributed by atoms with Crippen molar-refractivity contribution in [1.29, 1.82) is 0 Å². The fourth-order valence-corrected chi connectivity index (χ4v) is 1.45. The summed E-state index contributed by atoms with van der Waals surface area (Å²) in [6.45, 7) is 2.88. The van der Waals surface area contributed by atoms with Crippen molar-refractivity contribution < 1.29 is 13.2 Å². The molecule has 1 heterocycles. The number of halogens is 3. The van der Waals surface area contributed by atoms with Gasteiger partial charge in [0.15, 0.2) is 0 Å². The van der Waals surface area contributed by atoms with Crippen LogP contribution in [0.5, 0.6) is 0 Å². The van der Waals surface area contributed by atoms with E-state index in [1.165, 1.54) is 0 Å². The highest BCUT2D eigenvalue weighted by Gasteiger charge is 2.25. The number of aromatic nitrogens is 3. The molecule has 9 heteroatoms. The van der Waals surface area contributed by atoms with Crippen LogP contribution in [0.4, 0.5) is 31.0 Å². The van der Waals surface area contributed by atoms with Crippen LogP contribution in [0.2, 0.25) is 0 Å². The van der Waals surface area contributed by atoms with E-state index in [0.29, 0.717) is 18.4 Å². The SMILES string of the molecule is CCCNc1nc(NCCCC(F)(F)F)nc(N(C)C)n1. The van der Waals surface area contributed by atoms with Gasteiger partial charge in [0.1, 0.15) is 0 Å². The number of hydrogen-bond donors (Lipinski definition) is 2. The molecule has 0 aliphatic heterocycles. The highest BCUT2D eigenvalue weighted by Crippen LogP contribution is 2.21. The molecule has 120 valence electrons. The van der Waals surface area contributed by atoms with E-state index in [4.69, 9.17) is 0 Å². The van der Waals surface area contributed by atoms with Crippen molar-refractivity contribution in [3.8, 4) is 0 Å². The number of nitrogens with one attached hydrogen (secondary N) is 2. The average molecular weight is 306 g/mol. The first-order valence-electron chi connectivity index (χ1n) is 6.79. The van der Waals surface area contributed by atoms with Crippen molar-refractivity contribution in [2.45, 2.75) is 32.4 Å². The molecule has 0 aromatic carbocycles. The standard InChI is InChI=1S/C12H21F3N6/c1-4-7-16-9-18-10(20-11(19-9)21(2)3)17-8-5-6-12(13,14)15/h4-8H2,1-3H3,(H2,16,17,18,19,20). The zero-order valence-electron chi connectivity index (χ0n) is 12.5. The molecule has 1 aromatic rings. The van der Waals surface area contributed by atoms with Crippen LogP contribution in [0.1, 0.15) is 26.2 Å². The second kappa shape index (κ2) is 7.84. The first-order chi connectivity index (χ1) is 9.81. The van der Waals surface area contributed by atoms with Gasteiger partial charge in [-0.2, -0.15) is 28.1 Å². The maximum atomic E-state index is 12.1. The topological polar surface area (TPSA) is 66.0 Å². The molecule has 0 unspecified atom stereocenters. The molecular weight excluding hydrogens is 285 g/mol. The van der Waals surface area contributed by atoms with E-state index in [-0.39, 0.29) is 18.9 Å². The maximum absolute atomic E-state index is 12.1. The van der Waals surface area contributed by atoms with Crippen LogP contribution in [-0.2, 0) is 0 Å². The van der Waals surface area contributed by atoms with Gasteiger partial charge in [-0.15, -0.1) is 0 Å². The molecule has 1 aromatic heterocycles. The number of alkyl halides is 3. The van der Waals surface area contributed by atoms with E-state index in [9.17, 15) is 13.2 Å². The van der Waals surface area contributed by atoms with Gasteiger partial charge >= 0.3 is 6.18 Å². The monoisotopic (exact) mass is 306 g/mol. The first kappa shape index (κ1) is 17.3. The molecule has 0 aliphatic rings. The van der Waals surface area contributed by atoms with Crippen LogP contribution in [0.15, 0.2) is 0 Å². The van der Waals surface area contributed by atoms with Crippen molar-refractivity contribution in [2.24, 2.45) is 0 Å². The van der Waals surface area contributed by atoms with Crippen LogP contribution < -0.4 is 15.5 Å². The van der Waals surface area contributed by atoms with Crippen molar-refractivity contribution in [3.05, 3.63) is 0 Å². The Balaban J connectivity index is 2.64. The smallest absolute Gasteiger partial charge is 0.354 e. The number of hydrogen-bond acceptors (Lipinski definition) is 6. The van der Waals surface area contributed by atoms with Crippen LogP contribution in [0.3, 0.4) is 0 Å². The zero-order chi connectivity index (χ0) is 15.9. The number of rotatable bonds is 8. The van der Waals surface area contributed by atoms with E-state index in [1.807, 2.05) is 6.92 Å². The zero-order valence-corrected chi connectivity index (χ0v) is 12.5. The second-order valence-electron chi connectivity index (χ2n) is 4.75. The summed E-state index contributed by atoms with van der Waals surface area (Å²) in [5.41, 5.74) is 0. The maximum Gasteiger partial charge on any atom is 0.389 e. The van der Waals surface area contributed by atoms with Gasteiger partial charge in [0, 0.05) is 33.6 Å². The molecule has 6 nitrogen and oxygen atoms in total. The van der Waals surface area contributed by atoms with Crippen molar-refractivity contribution in [1.82, 2.24) is 15.0 Å². The molecule has 0 saturated carbocycles. The Morgan fingerprint density at radius 3 is 2.05 bits per heavy atom. The van der Waals surface area contributed by atoms with Crippen LogP contribution in [-0.4, -0.2) is 48.3 Å². The summed E-state index contributed by atoms with van der Waals surface area (Å²) in [6.07, 6.45) is -4.07. The third-order valence-electron chi connectivity index (χ3n) is 2.48. The lowest BCUT2D eigenvalue weighted by Crippen LogP contribution is -2.18. The Kier molecular flexibility index (Phi) is 6.44. The molecule has 0 aliphatic carbocycles. The number of anilines is 3. The van der Waals surface area contributed by atoms with Crippen LogP contribution >= 0.6 is 0 Å². The van der Waals surface area contributed by atoms with E-state index >= 15 is 0 Å². The fraction of sp³-hybridized carbons (Fsp3) is 0.750. The van der Waals surface area contributed by atoms with Crippen molar-refractivity contribution >= 4 is 17.8 Å². The van der Waals surface area contributed by atoms with Crippen LogP contribution in [0.25, 0.3) is 0 Å². The van der Waals surface area contributed by atoms with Crippen molar-refractivity contribution in [2.75, 3.05) is 42.7 Å². The summed E-state index contributed by atoms with van der Waals surface area (Å²) in [5.74, 6) is 1.13. The minimum absolute atomic E-state index is 0.0236. The molecule has 0 spiro atoms. The molecule has 0 bridgehead atoms. The Bertz CT molecular complexity index is 435. The van der Waals surface area contributed by atoms with Gasteiger partial charge < -0.3 is 15.5 Å².